The molecule has 0 saturated heterocycles. The summed E-state index contributed by atoms with van der Waals surface area (Å²) >= 11 is 5.69. The lowest BCUT2D eigenvalue weighted by molar-refractivity contribution is -0.137. The first-order valence-electron chi connectivity index (χ1n) is 6.50. The number of amides is 2. The molecule has 0 radical (unpaired) electrons. The number of nitrogens with zero attached hydrogens (tertiary/aromatic N) is 1. The second-order valence-electron chi connectivity index (χ2n) is 5.06. The van der Waals surface area contributed by atoms with Gasteiger partial charge >= 0.3 is 6.18 Å². The van der Waals surface area contributed by atoms with Gasteiger partial charge in [-0.25, -0.2) is 4.39 Å². The highest BCUT2D eigenvalue weighted by atomic mass is 35.5. The van der Waals surface area contributed by atoms with Gasteiger partial charge in [-0.2, -0.15) is 13.2 Å². The molecule has 1 aromatic carbocycles. The van der Waals surface area contributed by atoms with E-state index in [9.17, 15) is 31.9 Å². The lowest BCUT2D eigenvalue weighted by Gasteiger charge is -2.17. The summed E-state index contributed by atoms with van der Waals surface area (Å²) in [5, 5.41) is 0.914. The maximum atomic E-state index is 13.7. The van der Waals surface area contributed by atoms with Crippen molar-refractivity contribution in [1.82, 2.24) is 9.88 Å². The van der Waals surface area contributed by atoms with Gasteiger partial charge in [0.05, 0.1) is 27.4 Å². The molecule has 0 atom stereocenters. The Labute approximate surface area is 140 Å². The van der Waals surface area contributed by atoms with Crippen LogP contribution in [0.15, 0.2) is 23.0 Å². The highest BCUT2D eigenvalue weighted by molar-refractivity contribution is 6.33. The van der Waals surface area contributed by atoms with E-state index in [4.69, 9.17) is 17.3 Å². The average Bonchev–Trinajstić information content (AvgIpc) is 2.75. The number of hydrogen-bond acceptors (Lipinski definition) is 4. The van der Waals surface area contributed by atoms with Crippen LogP contribution >= 0.6 is 11.6 Å². The number of benzene rings is 1. The minimum Gasteiger partial charge on any atom is -0.384 e. The van der Waals surface area contributed by atoms with Crippen molar-refractivity contribution in [3.8, 4) is 5.69 Å². The van der Waals surface area contributed by atoms with Crippen LogP contribution in [-0.2, 0) is 6.18 Å². The third-order valence-electron chi connectivity index (χ3n) is 3.52. The monoisotopic (exact) mass is 375 g/mol. The number of carbonyl (C=O) groups excluding carboxylic acids is 2. The van der Waals surface area contributed by atoms with Crippen LogP contribution in [0.1, 0.15) is 26.3 Å². The Hall–Kier alpha value is -2.88. The van der Waals surface area contributed by atoms with Crippen molar-refractivity contribution in [3.05, 3.63) is 56.1 Å². The lowest BCUT2D eigenvalue weighted by Crippen LogP contribution is -2.25. The molecule has 11 heteroatoms. The zero-order chi connectivity index (χ0) is 18.7. The van der Waals surface area contributed by atoms with Gasteiger partial charge in [0.2, 0.25) is 0 Å². The van der Waals surface area contributed by atoms with Crippen molar-refractivity contribution < 1.29 is 27.2 Å². The van der Waals surface area contributed by atoms with E-state index in [1.807, 2.05) is 5.32 Å². The second kappa shape index (κ2) is 5.31. The molecule has 0 spiro atoms. The molecule has 1 aromatic heterocycles. The standard InChI is InChI=1S/C14H6ClF4N3O3/c15-10-6(14(17,18)19)1-4(16)2-7(10)22-8(23)3-5-9(11(22)20)13(25)21-12(5)24/h1-3H,20H2,(H,21,24,25). The molecule has 25 heavy (non-hydrogen) atoms. The number of fused-ring (bicyclic) bond motifs is 1. The first kappa shape index (κ1) is 17.0. The van der Waals surface area contributed by atoms with Gasteiger partial charge in [0.1, 0.15) is 11.6 Å². The maximum absolute atomic E-state index is 13.7. The topological polar surface area (TPSA) is 94.2 Å². The number of halogens is 5. The highest BCUT2D eigenvalue weighted by Crippen LogP contribution is 2.38. The summed E-state index contributed by atoms with van der Waals surface area (Å²) in [6, 6.07) is 1.44. The van der Waals surface area contributed by atoms with Crippen molar-refractivity contribution in [2.75, 3.05) is 5.73 Å². The van der Waals surface area contributed by atoms with E-state index in [1.54, 1.807) is 0 Å². The fourth-order valence-corrected chi connectivity index (χ4v) is 2.77. The van der Waals surface area contributed by atoms with Gasteiger partial charge in [-0.3, -0.25) is 24.3 Å². The number of nitrogens with two attached hydrogens (primary N) is 1. The van der Waals surface area contributed by atoms with Gasteiger partial charge in [0.15, 0.2) is 0 Å². The Morgan fingerprint density at radius 2 is 1.72 bits per heavy atom. The van der Waals surface area contributed by atoms with Crippen LogP contribution in [0.3, 0.4) is 0 Å². The van der Waals surface area contributed by atoms with E-state index < -0.39 is 57.0 Å². The summed E-state index contributed by atoms with van der Waals surface area (Å²) in [5.74, 6) is -3.77. The van der Waals surface area contributed by atoms with Crippen LogP contribution in [0.25, 0.3) is 5.69 Å². The fourth-order valence-electron chi connectivity index (χ4n) is 2.47. The van der Waals surface area contributed by atoms with Crippen LogP contribution in [0, 0.1) is 5.82 Å². The van der Waals surface area contributed by atoms with Gasteiger partial charge in [-0.1, -0.05) is 11.6 Å². The van der Waals surface area contributed by atoms with Crippen LogP contribution in [0.4, 0.5) is 23.4 Å². The SMILES string of the molecule is Nc1c2c(cc(=O)n1-c1cc(F)cc(C(F)(F)F)c1Cl)C(=O)NC2=O. The Bertz CT molecular complexity index is 1010. The number of imide groups is 1. The molecule has 130 valence electrons. The number of alkyl halides is 3. The molecule has 3 rings (SSSR count). The highest BCUT2D eigenvalue weighted by Gasteiger charge is 2.37. The Kier molecular flexibility index (Phi) is 3.60. The molecule has 3 N–H and O–H groups in total. The van der Waals surface area contributed by atoms with Gasteiger partial charge in [-0.15, -0.1) is 0 Å². The molecule has 0 unspecified atom stereocenters. The van der Waals surface area contributed by atoms with Crippen LogP contribution < -0.4 is 16.6 Å². The number of hydrogen-bond donors (Lipinski definition) is 2. The van der Waals surface area contributed by atoms with E-state index in [1.165, 1.54) is 0 Å². The van der Waals surface area contributed by atoms with E-state index >= 15 is 0 Å². The lowest BCUT2D eigenvalue weighted by atomic mass is 10.1. The molecule has 1 aliphatic rings. The van der Waals surface area contributed by atoms with E-state index in [-0.39, 0.29) is 11.6 Å². The summed E-state index contributed by atoms with van der Waals surface area (Å²) < 4.78 is 53.0. The van der Waals surface area contributed by atoms with Crippen molar-refractivity contribution in [3.63, 3.8) is 0 Å². The molecule has 2 heterocycles. The van der Waals surface area contributed by atoms with E-state index in [2.05, 4.69) is 0 Å². The third kappa shape index (κ3) is 2.54. The minimum absolute atomic E-state index is 0.163. The van der Waals surface area contributed by atoms with Crippen molar-refractivity contribution in [2.24, 2.45) is 0 Å². The van der Waals surface area contributed by atoms with Gasteiger partial charge in [0, 0.05) is 6.07 Å². The Morgan fingerprint density at radius 1 is 1.08 bits per heavy atom. The second-order valence-corrected chi connectivity index (χ2v) is 5.44. The van der Waals surface area contributed by atoms with Gasteiger partial charge in [0.25, 0.3) is 17.4 Å². The first-order chi connectivity index (χ1) is 11.5. The average molecular weight is 376 g/mol. The molecule has 1 aliphatic heterocycles. The summed E-state index contributed by atoms with van der Waals surface area (Å²) in [6.45, 7) is 0. The number of anilines is 1. The quantitative estimate of drug-likeness (QED) is 0.589. The molecule has 0 aliphatic carbocycles. The van der Waals surface area contributed by atoms with Gasteiger partial charge in [-0.05, 0) is 12.1 Å². The molecule has 2 amide bonds. The number of nitrogens with one attached hydrogen (secondary N) is 1. The smallest absolute Gasteiger partial charge is 0.384 e. The molecule has 6 nitrogen and oxygen atoms in total. The zero-order valence-electron chi connectivity index (χ0n) is 11.9. The molecule has 0 bridgehead atoms. The number of carbonyl (C=O) groups is 2. The Balaban J connectivity index is 2.39. The molecule has 0 fully saturated rings. The van der Waals surface area contributed by atoms with Crippen molar-refractivity contribution in [2.45, 2.75) is 6.18 Å². The number of nitrogen functional groups attached to an aromatic ring is 1. The number of pyridine rings is 1. The molecule has 0 saturated carbocycles. The predicted molar refractivity (Wildman–Crippen MR) is 78.2 cm³/mol. The molecular formula is C14H6ClF4N3O3. The maximum Gasteiger partial charge on any atom is 0.418 e. The number of aromatic nitrogens is 1. The zero-order valence-corrected chi connectivity index (χ0v) is 12.6. The normalized spacial score (nSPS) is 13.8. The third-order valence-corrected chi connectivity index (χ3v) is 3.92. The largest absolute Gasteiger partial charge is 0.418 e. The number of rotatable bonds is 1. The van der Waals surface area contributed by atoms with Crippen LogP contribution in [0.2, 0.25) is 5.02 Å². The summed E-state index contributed by atoms with van der Waals surface area (Å²) in [5.41, 5.74) is 1.68. The summed E-state index contributed by atoms with van der Waals surface area (Å²) in [7, 11) is 0. The summed E-state index contributed by atoms with van der Waals surface area (Å²) in [4.78, 5) is 35.5. The first-order valence-corrected chi connectivity index (χ1v) is 6.88. The van der Waals surface area contributed by atoms with Crippen LogP contribution in [-0.4, -0.2) is 16.4 Å². The van der Waals surface area contributed by atoms with Crippen molar-refractivity contribution in [1.29, 1.82) is 0 Å². The molecule has 2 aromatic rings. The summed E-state index contributed by atoms with van der Waals surface area (Å²) in [6.07, 6.45) is -4.99. The minimum atomic E-state index is -4.99. The van der Waals surface area contributed by atoms with E-state index in [0.29, 0.717) is 16.7 Å². The van der Waals surface area contributed by atoms with E-state index in [0.717, 1.165) is 0 Å². The Morgan fingerprint density at radius 3 is 2.32 bits per heavy atom. The van der Waals surface area contributed by atoms with Crippen molar-refractivity contribution >= 4 is 29.2 Å². The molecular weight excluding hydrogens is 370 g/mol. The predicted octanol–water partition coefficient (Wildman–Crippen LogP) is 2.11. The van der Waals surface area contributed by atoms with Gasteiger partial charge < -0.3 is 5.73 Å². The fraction of sp³-hybridized carbons (Fsp3) is 0.0714. The van der Waals surface area contributed by atoms with Crippen LogP contribution in [0.5, 0.6) is 0 Å².